The molecular weight excluding hydrogens is 200 g/mol. The third-order valence-corrected chi connectivity index (χ3v) is 3.39. The topological polar surface area (TPSA) is 32.3 Å². The van der Waals surface area contributed by atoms with Crippen LogP contribution in [0.1, 0.15) is 45.4 Å². The zero-order valence-corrected chi connectivity index (χ0v) is 11.0. The van der Waals surface area contributed by atoms with Crippen molar-refractivity contribution in [2.75, 3.05) is 20.6 Å². The number of carbonyl (C=O) groups is 1. The molecule has 0 bridgehead atoms. The average molecular weight is 226 g/mol. The zero-order valence-electron chi connectivity index (χ0n) is 11.0. The second kappa shape index (κ2) is 6.89. The molecule has 0 radical (unpaired) electrons. The molecule has 1 N–H and O–H groups in total. The number of amides is 1. The third kappa shape index (κ3) is 5.50. The summed E-state index contributed by atoms with van der Waals surface area (Å²) < 4.78 is 0. The first-order valence-corrected chi connectivity index (χ1v) is 6.52. The van der Waals surface area contributed by atoms with Gasteiger partial charge in [-0.15, -0.1) is 0 Å². The van der Waals surface area contributed by atoms with E-state index in [9.17, 15) is 4.79 Å². The number of hydrogen-bond donors (Lipinski definition) is 1. The highest BCUT2D eigenvalue weighted by Crippen LogP contribution is 2.23. The molecule has 1 amide bonds. The van der Waals surface area contributed by atoms with Gasteiger partial charge in [-0.2, -0.15) is 0 Å². The molecule has 1 saturated carbocycles. The Kier molecular flexibility index (Phi) is 5.81. The van der Waals surface area contributed by atoms with Gasteiger partial charge in [-0.1, -0.05) is 6.92 Å². The van der Waals surface area contributed by atoms with Crippen LogP contribution in [0.15, 0.2) is 0 Å². The average Bonchev–Trinajstić information content (AvgIpc) is 2.21. The molecule has 0 heterocycles. The predicted octanol–water partition coefficient (Wildman–Crippen LogP) is 2.02. The van der Waals surface area contributed by atoms with E-state index in [4.69, 9.17) is 0 Å². The van der Waals surface area contributed by atoms with Gasteiger partial charge in [0, 0.05) is 12.5 Å². The molecule has 1 aliphatic rings. The summed E-state index contributed by atoms with van der Waals surface area (Å²) >= 11 is 0. The fourth-order valence-electron chi connectivity index (χ4n) is 2.26. The maximum absolute atomic E-state index is 11.6. The van der Waals surface area contributed by atoms with E-state index in [1.54, 1.807) is 0 Å². The maximum atomic E-state index is 11.6. The van der Waals surface area contributed by atoms with Gasteiger partial charge in [0.1, 0.15) is 0 Å². The fraction of sp³-hybridized carbons (Fsp3) is 0.923. The smallest absolute Gasteiger partial charge is 0.220 e. The van der Waals surface area contributed by atoms with E-state index in [1.807, 2.05) is 14.1 Å². The summed E-state index contributed by atoms with van der Waals surface area (Å²) in [5.74, 6) is 1.09. The van der Waals surface area contributed by atoms with Crippen molar-refractivity contribution in [3.8, 4) is 0 Å². The van der Waals surface area contributed by atoms with Crippen molar-refractivity contribution >= 4 is 5.91 Å². The summed E-state index contributed by atoms with van der Waals surface area (Å²) in [5.41, 5.74) is 0. The summed E-state index contributed by atoms with van der Waals surface area (Å²) in [7, 11) is 4.08. The van der Waals surface area contributed by atoms with Crippen LogP contribution in [0.4, 0.5) is 0 Å². The van der Waals surface area contributed by atoms with E-state index >= 15 is 0 Å². The lowest BCUT2D eigenvalue weighted by molar-refractivity contribution is -0.122. The first kappa shape index (κ1) is 13.5. The van der Waals surface area contributed by atoms with Gasteiger partial charge in [-0.05, 0) is 58.7 Å². The van der Waals surface area contributed by atoms with Gasteiger partial charge in [-0.3, -0.25) is 4.79 Å². The van der Waals surface area contributed by atoms with Crippen LogP contribution in [0.25, 0.3) is 0 Å². The van der Waals surface area contributed by atoms with Crippen molar-refractivity contribution in [2.45, 2.75) is 51.5 Å². The van der Waals surface area contributed by atoms with Crippen molar-refractivity contribution < 1.29 is 4.79 Å². The van der Waals surface area contributed by atoms with Crippen LogP contribution in [-0.4, -0.2) is 37.5 Å². The minimum absolute atomic E-state index is 0.237. The van der Waals surface area contributed by atoms with Gasteiger partial charge in [-0.25, -0.2) is 0 Å². The van der Waals surface area contributed by atoms with E-state index in [0.29, 0.717) is 12.5 Å². The van der Waals surface area contributed by atoms with Gasteiger partial charge in [0.15, 0.2) is 0 Å². The molecule has 1 aliphatic carbocycles. The second-order valence-electron chi connectivity index (χ2n) is 5.43. The molecule has 0 atom stereocenters. The molecule has 0 spiro atoms. The Morgan fingerprint density at radius 3 is 2.44 bits per heavy atom. The Balaban J connectivity index is 2.09. The molecule has 94 valence electrons. The Labute approximate surface area is 99.6 Å². The second-order valence-corrected chi connectivity index (χ2v) is 5.43. The SMILES string of the molecule is CN(C)CCCC(=O)N[C@H]1CC[C@H](C)CC1. The highest BCUT2D eigenvalue weighted by Gasteiger charge is 2.19. The lowest BCUT2D eigenvalue weighted by Gasteiger charge is -2.27. The molecule has 0 aromatic rings. The molecule has 0 aromatic heterocycles. The lowest BCUT2D eigenvalue weighted by atomic mass is 9.87. The molecule has 1 rings (SSSR count). The number of hydrogen-bond acceptors (Lipinski definition) is 2. The fourth-order valence-corrected chi connectivity index (χ4v) is 2.26. The van der Waals surface area contributed by atoms with Gasteiger partial charge in [0.25, 0.3) is 0 Å². The first-order valence-electron chi connectivity index (χ1n) is 6.52. The van der Waals surface area contributed by atoms with Gasteiger partial charge in [0.2, 0.25) is 5.91 Å². The normalized spacial score (nSPS) is 25.8. The standard InChI is InChI=1S/C13H26N2O/c1-11-6-8-12(9-7-11)14-13(16)5-4-10-15(2)3/h11-12H,4-10H2,1-3H3,(H,14,16)/t11-,12-. The van der Waals surface area contributed by atoms with Crippen LogP contribution in [-0.2, 0) is 4.79 Å². The molecule has 1 fully saturated rings. The zero-order chi connectivity index (χ0) is 12.0. The minimum atomic E-state index is 0.237. The maximum Gasteiger partial charge on any atom is 0.220 e. The van der Waals surface area contributed by atoms with Crippen LogP contribution in [0.3, 0.4) is 0 Å². The summed E-state index contributed by atoms with van der Waals surface area (Å²) in [4.78, 5) is 13.8. The monoisotopic (exact) mass is 226 g/mol. The van der Waals surface area contributed by atoms with Crippen molar-refractivity contribution in [2.24, 2.45) is 5.92 Å². The van der Waals surface area contributed by atoms with Gasteiger partial charge < -0.3 is 10.2 Å². The van der Waals surface area contributed by atoms with Gasteiger partial charge in [0.05, 0.1) is 0 Å². The van der Waals surface area contributed by atoms with Crippen LogP contribution in [0.2, 0.25) is 0 Å². The van der Waals surface area contributed by atoms with Crippen LogP contribution < -0.4 is 5.32 Å². The van der Waals surface area contributed by atoms with Crippen LogP contribution >= 0.6 is 0 Å². The molecule has 0 unspecified atom stereocenters. The van der Waals surface area contributed by atoms with E-state index in [-0.39, 0.29) is 5.91 Å². The third-order valence-electron chi connectivity index (χ3n) is 3.39. The van der Waals surface area contributed by atoms with E-state index in [0.717, 1.165) is 18.9 Å². The highest BCUT2D eigenvalue weighted by molar-refractivity contribution is 5.76. The van der Waals surface area contributed by atoms with E-state index in [1.165, 1.54) is 25.7 Å². The van der Waals surface area contributed by atoms with Crippen molar-refractivity contribution in [3.63, 3.8) is 0 Å². The molecular formula is C13H26N2O. The van der Waals surface area contributed by atoms with Crippen LogP contribution in [0.5, 0.6) is 0 Å². The van der Waals surface area contributed by atoms with E-state index in [2.05, 4.69) is 17.1 Å². The van der Waals surface area contributed by atoms with Crippen LogP contribution in [0, 0.1) is 5.92 Å². The first-order chi connectivity index (χ1) is 7.58. The van der Waals surface area contributed by atoms with E-state index < -0.39 is 0 Å². The molecule has 0 aromatic carbocycles. The molecule has 0 aliphatic heterocycles. The van der Waals surface area contributed by atoms with Crippen molar-refractivity contribution in [1.82, 2.24) is 10.2 Å². The number of carbonyl (C=O) groups excluding carboxylic acids is 1. The molecule has 0 saturated heterocycles. The molecule has 3 heteroatoms. The minimum Gasteiger partial charge on any atom is -0.353 e. The predicted molar refractivity (Wildman–Crippen MR) is 67.4 cm³/mol. The van der Waals surface area contributed by atoms with Crippen molar-refractivity contribution in [1.29, 1.82) is 0 Å². The number of nitrogens with zero attached hydrogens (tertiary/aromatic N) is 1. The lowest BCUT2D eigenvalue weighted by Crippen LogP contribution is -2.37. The Morgan fingerprint density at radius 2 is 1.88 bits per heavy atom. The largest absolute Gasteiger partial charge is 0.353 e. The Bertz CT molecular complexity index is 208. The summed E-state index contributed by atoms with van der Waals surface area (Å²) in [6.45, 7) is 3.30. The highest BCUT2D eigenvalue weighted by atomic mass is 16.1. The number of nitrogens with one attached hydrogen (secondary N) is 1. The van der Waals surface area contributed by atoms with Gasteiger partial charge >= 0.3 is 0 Å². The molecule has 16 heavy (non-hydrogen) atoms. The quantitative estimate of drug-likeness (QED) is 0.778. The molecule has 3 nitrogen and oxygen atoms in total. The van der Waals surface area contributed by atoms with Crippen molar-refractivity contribution in [3.05, 3.63) is 0 Å². The summed E-state index contributed by atoms with van der Waals surface area (Å²) in [6, 6.07) is 0.447. The Morgan fingerprint density at radius 1 is 1.25 bits per heavy atom. The number of rotatable bonds is 5. The summed E-state index contributed by atoms with van der Waals surface area (Å²) in [6.07, 6.45) is 6.50. The Hall–Kier alpha value is -0.570. The summed E-state index contributed by atoms with van der Waals surface area (Å²) in [5, 5.41) is 3.16.